The fraction of sp³-hybridized carbons (Fsp3) is 0.0667. The Morgan fingerprint density at radius 2 is 1.29 bits per heavy atom. The minimum atomic E-state index is 0.654. The maximum absolute atomic E-state index is 5.93. The van der Waals surface area contributed by atoms with Crippen LogP contribution in [-0.4, -0.2) is 0 Å². The SMILES string of the molecule is Cc1ccc(C=Cc2cc(Cl)cc(Cl)c2)cc1. The van der Waals surface area contributed by atoms with Crippen molar-refractivity contribution in [1.29, 1.82) is 0 Å². The smallest absolute Gasteiger partial charge is 0.0426 e. The number of hydrogen-bond acceptors (Lipinski definition) is 0. The Kier molecular flexibility index (Phi) is 3.88. The number of benzene rings is 2. The molecule has 0 nitrogen and oxygen atoms in total. The molecular weight excluding hydrogens is 251 g/mol. The van der Waals surface area contributed by atoms with Gasteiger partial charge in [0, 0.05) is 10.0 Å². The zero-order chi connectivity index (χ0) is 12.3. The van der Waals surface area contributed by atoms with Gasteiger partial charge in [-0.3, -0.25) is 0 Å². The minimum Gasteiger partial charge on any atom is -0.0843 e. The summed E-state index contributed by atoms with van der Waals surface area (Å²) in [5.41, 5.74) is 3.42. The molecule has 17 heavy (non-hydrogen) atoms. The Labute approximate surface area is 112 Å². The third-order valence-corrected chi connectivity index (χ3v) is 2.87. The van der Waals surface area contributed by atoms with Crippen LogP contribution in [-0.2, 0) is 0 Å². The molecule has 0 saturated heterocycles. The second kappa shape index (κ2) is 5.39. The van der Waals surface area contributed by atoms with E-state index in [-0.39, 0.29) is 0 Å². The molecule has 0 aromatic heterocycles. The van der Waals surface area contributed by atoms with Crippen molar-refractivity contribution in [3.8, 4) is 0 Å². The van der Waals surface area contributed by atoms with Crippen molar-refractivity contribution in [2.75, 3.05) is 0 Å². The Hall–Kier alpha value is -1.24. The van der Waals surface area contributed by atoms with Crippen LogP contribution in [0.15, 0.2) is 42.5 Å². The molecule has 0 aliphatic carbocycles. The predicted octanol–water partition coefficient (Wildman–Crippen LogP) is 5.47. The summed E-state index contributed by atoms with van der Waals surface area (Å²) in [6, 6.07) is 13.8. The average Bonchev–Trinajstić information content (AvgIpc) is 2.27. The summed E-state index contributed by atoms with van der Waals surface area (Å²) in [5, 5.41) is 1.31. The number of aryl methyl sites for hydroxylation is 1. The van der Waals surface area contributed by atoms with Gasteiger partial charge in [-0.05, 0) is 36.2 Å². The van der Waals surface area contributed by atoms with Gasteiger partial charge in [-0.15, -0.1) is 0 Å². The maximum Gasteiger partial charge on any atom is 0.0426 e. The number of rotatable bonds is 2. The van der Waals surface area contributed by atoms with Crippen LogP contribution in [0, 0.1) is 6.92 Å². The Morgan fingerprint density at radius 3 is 1.88 bits per heavy atom. The first-order valence-electron chi connectivity index (χ1n) is 5.34. The Morgan fingerprint density at radius 1 is 0.765 bits per heavy atom. The van der Waals surface area contributed by atoms with Crippen LogP contribution in [0.5, 0.6) is 0 Å². The molecule has 0 N–H and O–H groups in total. The van der Waals surface area contributed by atoms with Gasteiger partial charge in [0.15, 0.2) is 0 Å². The van der Waals surface area contributed by atoms with Crippen LogP contribution in [0.1, 0.15) is 16.7 Å². The van der Waals surface area contributed by atoms with E-state index in [1.54, 1.807) is 6.07 Å². The quantitative estimate of drug-likeness (QED) is 0.630. The highest BCUT2D eigenvalue weighted by Crippen LogP contribution is 2.20. The molecule has 0 fully saturated rings. The fourth-order valence-electron chi connectivity index (χ4n) is 1.54. The zero-order valence-corrected chi connectivity index (χ0v) is 11.0. The van der Waals surface area contributed by atoms with Crippen molar-refractivity contribution in [3.63, 3.8) is 0 Å². The molecule has 0 heterocycles. The lowest BCUT2D eigenvalue weighted by Gasteiger charge is -1.98. The van der Waals surface area contributed by atoms with E-state index in [0.29, 0.717) is 10.0 Å². The number of halogens is 2. The van der Waals surface area contributed by atoms with Gasteiger partial charge in [-0.1, -0.05) is 65.2 Å². The molecule has 0 amide bonds. The van der Waals surface area contributed by atoms with Gasteiger partial charge < -0.3 is 0 Å². The normalized spacial score (nSPS) is 11.0. The lowest BCUT2D eigenvalue weighted by Crippen LogP contribution is -1.75. The van der Waals surface area contributed by atoms with Crippen LogP contribution in [0.25, 0.3) is 12.2 Å². The zero-order valence-electron chi connectivity index (χ0n) is 9.45. The van der Waals surface area contributed by atoms with E-state index >= 15 is 0 Å². The summed E-state index contributed by atoms with van der Waals surface area (Å²) in [6.45, 7) is 2.07. The lowest BCUT2D eigenvalue weighted by atomic mass is 10.1. The second-order valence-corrected chi connectivity index (χ2v) is 4.82. The van der Waals surface area contributed by atoms with Crippen LogP contribution < -0.4 is 0 Å². The fourth-order valence-corrected chi connectivity index (χ4v) is 2.08. The first-order valence-corrected chi connectivity index (χ1v) is 6.10. The van der Waals surface area contributed by atoms with E-state index in [1.807, 2.05) is 24.3 Å². The molecule has 0 spiro atoms. The molecule has 0 radical (unpaired) electrons. The molecule has 2 rings (SSSR count). The van der Waals surface area contributed by atoms with E-state index in [0.717, 1.165) is 11.1 Å². The average molecular weight is 263 g/mol. The van der Waals surface area contributed by atoms with Crippen molar-refractivity contribution in [2.24, 2.45) is 0 Å². The van der Waals surface area contributed by atoms with Crippen LogP contribution in [0.2, 0.25) is 10.0 Å². The van der Waals surface area contributed by atoms with Crippen molar-refractivity contribution >= 4 is 35.4 Å². The second-order valence-electron chi connectivity index (χ2n) is 3.95. The van der Waals surface area contributed by atoms with Gasteiger partial charge in [0.2, 0.25) is 0 Å². The van der Waals surface area contributed by atoms with Crippen molar-refractivity contribution in [3.05, 3.63) is 69.2 Å². The molecule has 86 valence electrons. The minimum absolute atomic E-state index is 0.654. The van der Waals surface area contributed by atoms with Crippen molar-refractivity contribution < 1.29 is 0 Å². The first kappa shape index (κ1) is 12.2. The third kappa shape index (κ3) is 3.62. The van der Waals surface area contributed by atoms with Gasteiger partial charge in [0.05, 0.1) is 0 Å². The molecule has 2 aromatic rings. The van der Waals surface area contributed by atoms with Crippen LogP contribution >= 0.6 is 23.2 Å². The molecule has 0 bridgehead atoms. The molecular formula is C15H12Cl2. The standard InChI is InChI=1S/C15H12Cl2/c1-11-2-4-12(5-3-11)6-7-13-8-14(16)10-15(17)9-13/h2-10H,1H3. The monoisotopic (exact) mass is 262 g/mol. The van der Waals surface area contributed by atoms with E-state index in [2.05, 4.69) is 31.2 Å². The summed E-state index contributed by atoms with van der Waals surface area (Å²) < 4.78 is 0. The summed E-state index contributed by atoms with van der Waals surface area (Å²) in [5.74, 6) is 0. The van der Waals surface area contributed by atoms with Gasteiger partial charge >= 0.3 is 0 Å². The van der Waals surface area contributed by atoms with E-state index in [4.69, 9.17) is 23.2 Å². The molecule has 2 heteroatoms. The third-order valence-electron chi connectivity index (χ3n) is 2.43. The summed E-state index contributed by atoms with van der Waals surface area (Å²) in [7, 11) is 0. The van der Waals surface area contributed by atoms with Gasteiger partial charge in [0.1, 0.15) is 0 Å². The molecule has 2 aromatic carbocycles. The molecule has 0 aliphatic rings. The van der Waals surface area contributed by atoms with Gasteiger partial charge in [0.25, 0.3) is 0 Å². The summed E-state index contributed by atoms with van der Waals surface area (Å²) in [4.78, 5) is 0. The molecule has 0 saturated carbocycles. The van der Waals surface area contributed by atoms with Crippen LogP contribution in [0.3, 0.4) is 0 Å². The van der Waals surface area contributed by atoms with E-state index in [1.165, 1.54) is 5.56 Å². The largest absolute Gasteiger partial charge is 0.0843 e. The van der Waals surface area contributed by atoms with Crippen molar-refractivity contribution in [1.82, 2.24) is 0 Å². The maximum atomic E-state index is 5.93. The van der Waals surface area contributed by atoms with E-state index < -0.39 is 0 Å². The Bertz CT molecular complexity index is 519. The highest BCUT2D eigenvalue weighted by molar-refractivity contribution is 6.34. The highest BCUT2D eigenvalue weighted by Gasteiger charge is 1.95. The molecule has 0 unspecified atom stereocenters. The topological polar surface area (TPSA) is 0 Å². The highest BCUT2D eigenvalue weighted by atomic mass is 35.5. The van der Waals surface area contributed by atoms with Gasteiger partial charge in [-0.2, -0.15) is 0 Å². The molecule has 0 aliphatic heterocycles. The van der Waals surface area contributed by atoms with Gasteiger partial charge in [-0.25, -0.2) is 0 Å². The first-order chi connectivity index (χ1) is 8.13. The van der Waals surface area contributed by atoms with E-state index in [9.17, 15) is 0 Å². The lowest BCUT2D eigenvalue weighted by molar-refractivity contribution is 1.46. The number of hydrogen-bond donors (Lipinski definition) is 0. The van der Waals surface area contributed by atoms with Crippen molar-refractivity contribution in [2.45, 2.75) is 6.92 Å². The predicted molar refractivity (Wildman–Crippen MR) is 76.6 cm³/mol. The summed E-state index contributed by atoms with van der Waals surface area (Å²) in [6.07, 6.45) is 4.05. The summed E-state index contributed by atoms with van der Waals surface area (Å²) >= 11 is 11.9. The van der Waals surface area contributed by atoms with Crippen LogP contribution in [0.4, 0.5) is 0 Å². The molecule has 0 atom stereocenters. The Balaban J connectivity index is 2.22.